The second-order valence-corrected chi connectivity index (χ2v) is 2.99. The number of unbranched alkanes of at least 4 members (excludes halogenated alkanes) is 1. The van der Waals surface area contributed by atoms with Gasteiger partial charge in [-0.2, -0.15) is 0 Å². The molecule has 0 aromatic rings. The van der Waals surface area contributed by atoms with Gasteiger partial charge in [-0.05, 0) is 6.42 Å². The van der Waals surface area contributed by atoms with E-state index in [2.05, 4.69) is 12.2 Å². The minimum absolute atomic E-state index is 0.193. The Morgan fingerprint density at radius 3 is 2.83 bits per heavy atom. The molecule has 74 valence electrons. The summed E-state index contributed by atoms with van der Waals surface area (Å²) in [4.78, 5) is 0. The monoisotopic (exact) mass is 175 g/mol. The van der Waals surface area contributed by atoms with Gasteiger partial charge in [-0.15, -0.1) is 0 Å². The molecule has 0 rings (SSSR count). The molecule has 0 saturated heterocycles. The third-order valence-corrected chi connectivity index (χ3v) is 1.75. The van der Waals surface area contributed by atoms with E-state index >= 15 is 0 Å². The van der Waals surface area contributed by atoms with Gasteiger partial charge in [-0.25, -0.2) is 0 Å². The molecule has 3 heteroatoms. The normalized spacial score (nSPS) is 13.2. The van der Waals surface area contributed by atoms with Crippen LogP contribution in [0.1, 0.15) is 26.2 Å². The largest absolute Gasteiger partial charge is 0.392 e. The van der Waals surface area contributed by atoms with E-state index in [0.29, 0.717) is 13.2 Å². The van der Waals surface area contributed by atoms with Gasteiger partial charge >= 0.3 is 0 Å². The molecule has 2 N–H and O–H groups in total. The van der Waals surface area contributed by atoms with Crippen molar-refractivity contribution in [2.75, 3.05) is 26.8 Å². The number of hydrogen-bond donors (Lipinski definition) is 2. The van der Waals surface area contributed by atoms with E-state index in [0.717, 1.165) is 25.8 Å². The molecule has 0 radical (unpaired) electrons. The van der Waals surface area contributed by atoms with Crippen molar-refractivity contribution in [2.45, 2.75) is 32.3 Å². The highest BCUT2D eigenvalue weighted by Crippen LogP contribution is 1.98. The molecule has 0 spiro atoms. The van der Waals surface area contributed by atoms with Crippen LogP contribution in [0.2, 0.25) is 0 Å². The van der Waals surface area contributed by atoms with Gasteiger partial charge in [0, 0.05) is 20.2 Å². The Balaban J connectivity index is 3.02. The van der Waals surface area contributed by atoms with Crippen molar-refractivity contribution in [1.29, 1.82) is 0 Å². The van der Waals surface area contributed by atoms with Crippen molar-refractivity contribution in [1.82, 2.24) is 5.32 Å². The molecule has 0 aliphatic rings. The molecule has 0 heterocycles. The van der Waals surface area contributed by atoms with Gasteiger partial charge in [0.1, 0.15) is 0 Å². The van der Waals surface area contributed by atoms with E-state index in [-0.39, 0.29) is 6.10 Å². The van der Waals surface area contributed by atoms with Crippen molar-refractivity contribution in [3.8, 4) is 0 Å². The first-order valence-electron chi connectivity index (χ1n) is 4.69. The fourth-order valence-electron chi connectivity index (χ4n) is 0.985. The number of hydrogen-bond acceptors (Lipinski definition) is 3. The summed E-state index contributed by atoms with van der Waals surface area (Å²) in [6.45, 7) is 4.34. The van der Waals surface area contributed by atoms with E-state index < -0.39 is 0 Å². The molecular weight excluding hydrogens is 154 g/mol. The van der Waals surface area contributed by atoms with Crippen LogP contribution in [-0.2, 0) is 4.74 Å². The van der Waals surface area contributed by atoms with E-state index in [1.54, 1.807) is 7.11 Å². The Hall–Kier alpha value is -0.120. The summed E-state index contributed by atoms with van der Waals surface area (Å²) in [5, 5.41) is 12.5. The SMILES string of the molecule is CCCCC(O)CNCCOC. The Morgan fingerprint density at radius 1 is 1.50 bits per heavy atom. The van der Waals surface area contributed by atoms with Gasteiger partial charge < -0.3 is 15.2 Å². The Labute approximate surface area is 75.1 Å². The predicted molar refractivity (Wildman–Crippen MR) is 50.3 cm³/mol. The van der Waals surface area contributed by atoms with Crippen LogP contribution >= 0.6 is 0 Å². The van der Waals surface area contributed by atoms with Gasteiger partial charge in [0.25, 0.3) is 0 Å². The topological polar surface area (TPSA) is 41.5 Å². The van der Waals surface area contributed by atoms with Crippen LogP contribution in [0.5, 0.6) is 0 Å². The fourth-order valence-corrected chi connectivity index (χ4v) is 0.985. The average molecular weight is 175 g/mol. The summed E-state index contributed by atoms with van der Waals surface area (Å²) in [6.07, 6.45) is 2.96. The fraction of sp³-hybridized carbons (Fsp3) is 1.00. The summed E-state index contributed by atoms with van der Waals surface area (Å²) in [5.41, 5.74) is 0. The Morgan fingerprint density at radius 2 is 2.25 bits per heavy atom. The first-order chi connectivity index (χ1) is 5.81. The maximum Gasteiger partial charge on any atom is 0.0664 e. The Bertz CT molecular complexity index is 88.6. The zero-order chi connectivity index (χ0) is 9.23. The second-order valence-electron chi connectivity index (χ2n) is 2.99. The summed E-state index contributed by atoms with van der Waals surface area (Å²) in [5.74, 6) is 0. The number of methoxy groups -OCH3 is 1. The van der Waals surface area contributed by atoms with Crippen LogP contribution in [-0.4, -0.2) is 38.0 Å². The van der Waals surface area contributed by atoms with E-state index in [9.17, 15) is 5.11 Å². The minimum atomic E-state index is -0.193. The van der Waals surface area contributed by atoms with Crippen LogP contribution in [0, 0.1) is 0 Å². The van der Waals surface area contributed by atoms with Gasteiger partial charge in [-0.1, -0.05) is 19.8 Å². The van der Waals surface area contributed by atoms with Crippen molar-refractivity contribution in [2.24, 2.45) is 0 Å². The van der Waals surface area contributed by atoms with Crippen molar-refractivity contribution < 1.29 is 9.84 Å². The first-order valence-corrected chi connectivity index (χ1v) is 4.69. The van der Waals surface area contributed by atoms with Crippen molar-refractivity contribution in [3.63, 3.8) is 0 Å². The molecular formula is C9H21NO2. The lowest BCUT2D eigenvalue weighted by Crippen LogP contribution is -2.29. The molecule has 0 aromatic heterocycles. The molecule has 3 nitrogen and oxygen atoms in total. The summed E-state index contributed by atoms with van der Waals surface area (Å²) in [6, 6.07) is 0. The first kappa shape index (κ1) is 11.9. The Kier molecular flexibility index (Phi) is 8.88. The number of aliphatic hydroxyl groups excluding tert-OH is 1. The lowest BCUT2D eigenvalue weighted by atomic mass is 10.1. The van der Waals surface area contributed by atoms with E-state index in [4.69, 9.17) is 4.74 Å². The van der Waals surface area contributed by atoms with Crippen LogP contribution in [0.15, 0.2) is 0 Å². The molecule has 0 saturated carbocycles. The lowest BCUT2D eigenvalue weighted by Gasteiger charge is -2.10. The zero-order valence-corrected chi connectivity index (χ0v) is 8.18. The summed E-state index contributed by atoms with van der Waals surface area (Å²) < 4.78 is 4.86. The van der Waals surface area contributed by atoms with E-state index in [1.165, 1.54) is 0 Å². The summed E-state index contributed by atoms with van der Waals surface area (Å²) >= 11 is 0. The third-order valence-electron chi connectivity index (χ3n) is 1.75. The molecule has 0 aliphatic heterocycles. The highest BCUT2D eigenvalue weighted by Gasteiger charge is 2.01. The van der Waals surface area contributed by atoms with Crippen LogP contribution < -0.4 is 5.32 Å². The molecule has 12 heavy (non-hydrogen) atoms. The highest BCUT2D eigenvalue weighted by molar-refractivity contribution is 4.58. The highest BCUT2D eigenvalue weighted by atomic mass is 16.5. The quantitative estimate of drug-likeness (QED) is 0.535. The predicted octanol–water partition coefficient (Wildman–Crippen LogP) is 0.773. The molecule has 1 unspecified atom stereocenters. The number of nitrogens with one attached hydrogen (secondary N) is 1. The van der Waals surface area contributed by atoms with Gasteiger partial charge in [-0.3, -0.25) is 0 Å². The maximum absolute atomic E-state index is 9.38. The van der Waals surface area contributed by atoms with Crippen LogP contribution in [0.3, 0.4) is 0 Å². The van der Waals surface area contributed by atoms with E-state index in [1.807, 2.05) is 0 Å². The lowest BCUT2D eigenvalue weighted by molar-refractivity contribution is 0.150. The summed E-state index contributed by atoms with van der Waals surface area (Å²) in [7, 11) is 1.68. The minimum Gasteiger partial charge on any atom is -0.392 e. The molecule has 0 amide bonds. The molecule has 0 fully saturated rings. The standard InChI is InChI=1S/C9H21NO2/c1-3-4-5-9(11)8-10-6-7-12-2/h9-11H,3-8H2,1-2H3. The third kappa shape index (κ3) is 7.98. The van der Waals surface area contributed by atoms with Crippen molar-refractivity contribution in [3.05, 3.63) is 0 Å². The molecule has 0 bridgehead atoms. The second kappa shape index (κ2) is 8.97. The molecule has 0 aromatic carbocycles. The average Bonchev–Trinajstić information content (AvgIpc) is 2.09. The number of ether oxygens (including phenoxy) is 1. The number of rotatable bonds is 8. The van der Waals surface area contributed by atoms with Crippen LogP contribution in [0.25, 0.3) is 0 Å². The molecule has 0 aliphatic carbocycles. The van der Waals surface area contributed by atoms with Gasteiger partial charge in [0.05, 0.1) is 12.7 Å². The number of aliphatic hydroxyl groups is 1. The van der Waals surface area contributed by atoms with Gasteiger partial charge in [0.15, 0.2) is 0 Å². The zero-order valence-electron chi connectivity index (χ0n) is 8.18. The maximum atomic E-state index is 9.38. The van der Waals surface area contributed by atoms with Crippen LogP contribution in [0.4, 0.5) is 0 Å². The molecule has 1 atom stereocenters. The van der Waals surface area contributed by atoms with Crippen molar-refractivity contribution >= 4 is 0 Å². The smallest absolute Gasteiger partial charge is 0.0664 e. The van der Waals surface area contributed by atoms with Gasteiger partial charge in [0.2, 0.25) is 0 Å².